The molecule has 26 heavy (non-hydrogen) atoms. The van der Waals surface area contributed by atoms with Crippen molar-refractivity contribution in [1.82, 2.24) is 5.43 Å². The van der Waals surface area contributed by atoms with Crippen molar-refractivity contribution in [3.05, 3.63) is 42.0 Å². The lowest BCUT2D eigenvalue weighted by Crippen LogP contribution is -2.28. The number of carbonyl (C=O) groups excluding carboxylic acids is 2. The lowest BCUT2D eigenvalue weighted by molar-refractivity contribution is -0.145. The molecule has 2 aromatic rings. The highest BCUT2D eigenvalue weighted by atomic mass is 16.5. The van der Waals surface area contributed by atoms with Crippen molar-refractivity contribution in [2.45, 2.75) is 33.6 Å². The van der Waals surface area contributed by atoms with Crippen LogP contribution in [0, 0.1) is 5.92 Å². The molecule has 2 aromatic carbocycles. The quantitative estimate of drug-likeness (QED) is 0.450. The Morgan fingerprint density at radius 1 is 1.19 bits per heavy atom. The highest BCUT2D eigenvalue weighted by Crippen LogP contribution is 2.24. The maximum atomic E-state index is 12.4. The summed E-state index contributed by atoms with van der Waals surface area (Å²) in [6.07, 6.45) is 1.38. The number of phenols is 1. The summed E-state index contributed by atoms with van der Waals surface area (Å²) in [4.78, 5) is 24.4. The Hall–Kier alpha value is -2.89. The van der Waals surface area contributed by atoms with Gasteiger partial charge in [0.1, 0.15) is 5.75 Å². The molecule has 0 fully saturated rings. The van der Waals surface area contributed by atoms with Crippen LogP contribution in [-0.4, -0.2) is 29.3 Å². The molecule has 1 atom stereocenters. The normalized spacial score (nSPS) is 12.7. The molecule has 0 heterocycles. The fourth-order valence-corrected chi connectivity index (χ4v) is 2.72. The van der Waals surface area contributed by atoms with Crippen LogP contribution in [0.4, 0.5) is 0 Å². The van der Waals surface area contributed by atoms with Gasteiger partial charge in [-0.25, -0.2) is 5.43 Å². The minimum Gasteiger partial charge on any atom is -0.507 e. The van der Waals surface area contributed by atoms with E-state index in [0.717, 1.165) is 17.2 Å². The number of nitrogens with zero attached hydrogens (tertiary/aromatic N) is 1. The van der Waals surface area contributed by atoms with Crippen LogP contribution in [0.25, 0.3) is 10.8 Å². The van der Waals surface area contributed by atoms with E-state index in [9.17, 15) is 14.7 Å². The van der Waals surface area contributed by atoms with Crippen LogP contribution in [-0.2, 0) is 9.53 Å². The number of nitrogens with one attached hydrogen (secondary N) is 1. The van der Waals surface area contributed by atoms with Gasteiger partial charge in [-0.2, -0.15) is 5.10 Å². The summed E-state index contributed by atoms with van der Waals surface area (Å²) < 4.78 is 5.06. The molecule has 6 nitrogen and oxygen atoms in total. The first-order chi connectivity index (χ1) is 12.5. The monoisotopic (exact) mass is 356 g/mol. The Morgan fingerprint density at radius 2 is 1.85 bits per heavy atom. The molecule has 0 radical (unpaired) electrons. The number of benzene rings is 2. The molecule has 0 aromatic heterocycles. The van der Waals surface area contributed by atoms with E-state index < -0.39 is 11.8 Å². The van der Waals surface area contributed by atoms with E-state index in [0.29, 0.717) is 18.7 Å². The molecule has 0 aliphatic heterocycles. The van der Waals surface area contributed by atoms with E-state index in [1.165, 1.54) is 0 Å². The maximum absolute atomic E-state index is 12.4. The summed E-state index contributed by atoms with van der Waals surface area (Å²) in [6, 6.07) is 10.6. The zero-order chi connectivity index (χ0) is 19.1. The zero-order valence-electron chi connectivity index (χ0n) is 15.3. The van der Waals surface area contributed by atoms with E-state index in [4.69, 9.17) is 4.74 Å². The number of hydrazone groups is 1. The molecular formula is C20H24N2O4. The van der Waals surface area contributed by atoms with Gasteiger partial charge in [0.25, 0.3) is 5.91 Å². The minimum atomic E-state index is -0.535. The van der Waals surface area contributed by atoms with Gasteiger partial charge in [0.05, 0.1) is 18.1 Å². The summed E-state index contributed by atoms with van der Waals surface area (Å²) >= 11 is 0. The molecule has 2 N–H and O–H groups in total. The zero-order valence-corrected chi connectivity index (χ0v) is 15.3. The van der Waals surface area contributed by atoms with Crippen LogP contribution < -0.4 is 5.43 Å². The number of esters is 1. The summed E-state index contributed by atoms with van der Waals surface area (Å²) in [5.41, 5.74) is 3.02. The van der Waals surface area contributed by atoms with E-state index >= 15 is 0 Å². The van der Waals surface area contributed by atoms with Crippen molar-refractivity contribution in [2.24, 2.45) is 11.0 Å². The Labute approximate surface area is 152 Å². The van der Waals surface area contributed by atoms with Crippen molar-refractivity contribution < 1.29 is 19.4 Å². The molecule has 0 bridgehead atoms. The molecule has 6 heteroatoms. The number of rotatable bonds is 7. The number of aromatic hydroxyl groups is 1. The minimum absolute atomic E-state index is 0.121. The Balaban J connectivity index is 2.19. The highest BCUT2D eigenvalue weighted by molar-refractivity contribution is 6.04. The van der Waals surface area contributed by atoms with Gasteiger partial charge in [-0.05, 0) is 43.2 Å². The van der Waals surface area contributed by atoms with Crippen LogP contribution in [0.15, 0.2) is 41.5 Å². The second-order valence-electron chi connectivity index (χ2n) is 6.00. The topological polar surface area (TPSA) is 88.0 Å². The number of hydrogen-bond acceptors (Lipinski definition) is 5. The first kappa shape index (κ1) is 19.4. The molecule has 0 aliphatic rings. The van der Waals surface area contributed by atoms with Gasteiger partial charge in [0, 0.05) is 5.71 Å². The number of phenolic OH excluding ortho intramolecular Hbond substituents is 1. The lowest BCUT2D eigenvalue weighted by atomic mass is 9.99. The van der Waals surface area contributed by atoms with Gasteiger partial charge < -0.3 is 9.84 Å². The van der Waals surface area contributed by atoms with Crippen LogP contribution in [0.2, 0.25) is 0 Å². The number of amides is 1. The molecule has 0 aliphatic carbocycles. The average Bonchev–Trinajstić information content (AvgIpc) is 2.63. The molecule has 1 amide bonds. The Bertz CT molecular complexity index is 830. The van der Waals surface area contributed by atoms with Gasteiger partial charge in [-0.15, -0.1) is 0 Å². The molecule has 0 spiro atoms. The van der Waals surface area contributed by atoms with Crippen LogP contribution in [0.1, 0.15) is 44.0 Å². The van der Waals surface area contributed by atoms with Crippen LogP contribution in [0.3, 0.4) is 0 Å². The molecule has 0 saturated heterocycles. The smallest absolute Gasteiger partial charge is 0.314 e. The van der Waals surface area contributed by atoms with Gasteiger partial charge in [0.2, 0.25) is 0 Å². The Kier molecular flexibility index (Phi) is 6.72. The first-order valence-corrected chi connectivity index (χ1v) is 8.70. The third kappa shape index (κ3) is 4.59. The van der Waals surface area contributed by atoms with E-state index in [2.05, 4.69) is 10.5 Å². The second kappa shape index (κ2) is 8.99. The maximum Gasteiger partial charge on any atom is 0.314 e. The van der Waals surface area contributed by atoms with Gasteiger partial charge in [0.15, 0.2) is 0 Å². The van der Waals surface area contributed by atoms with Gasteiger partial charge >= 0.3 is 5.97 Å². The number of fused-ring (bicyclic) bond motifs is 1. The van der Waals surface area contributed by atoms with E-state index in [1.54, 1.807) is 26.0 Å². The lowest BCUT2D eigenvalue weighted by Gasteiger charge is -2.14. The SMILES string of the molecule is CCC[C@H](C(=O)OCC)/C(C)=N\NC(=O)c1cc2ccccc2cc1O. The first-order valence-electron chi connectivity index (χ1n) is 8.70. The summed E-state index contributed by atoms with van der Waals surface area (Å²) in [5, 5.41) is 15.8. The van der Waals surface area contributed by atoms with Gasteiger partial charge in [-0.1, -0.05) is 37.6 Å². The number of ether oxygens (including phenoxy) is 1. The average molecular weight is 356 g/mol. The molecule has 0 saturated carbocycles. The summed E-state index contributed by atoms with van der Waals surface area (Å²) in [5.74, 6) is -1.50. The predicted molar refractivity (Wildman–Crippen MR) is 101 cm³/mol. The van der Waals surface area contributed by atoms with Crippen molar-refractivity contribution >= 4 is 28.4 Å². The standard InChI is InChI=1S/C20H24N2O4/c1-4-8-16(20(25)26-5-2)13(3)21-22-19(24)17-11-14-9-6-7-10-15(14)12-18(17)23/h6-7,9-12,16,23H,4-5,8H2,1-3H3,(H,22,24)/b21-13-/t16-/m0/s1. The fourth-order valence-electron chi connectivity index (χ4n) is 2.72. The predicted octanol–water partition coefficient (Wildman–Crippen LogP) is 3.63. The van der Waals surface area contributed by atoms with Crippen molar-refractivity contribution in [3.8, 4) is 5.75 Å². The molecular weight excluding hydrogens is 332 g/mol. The second-order valence-corrected chi connectivity index (χ2v) is 6.00. The van der Waals surface area contributed by atoms with E-state index in [-0.39, 0.29) is 17.3 Å². The number of carbonyl (C=O) groups is 2. The van der Waals surface area contributed by atoms with Crippen molar-refractivity contribution in [1.29, 1.82) is 0 Å². The summed E-state index contributed by atoms with van der Waals surface area (Å²) in [7, 11) is 0. The fraction of sp³-hybridized carbons (Fsp3) is 0.350. The van der Waals surface area contributed by atoms with Crippen molar-refractivity contribution in [2.75, 3.05) is 6.61 Å². The molecule has 2 rings (SSSR count). The van der Waals surface area contributed by atoms with Gasteiger partial charge in [-0.3, -0.25) is 9.59 Å². The van der Waals surface area contributed by atoms with Crippen molar-refractivity contribution in [3.63, 3.8) is 0 Å². The molecule has 138 valence electrons. The van der Waals surface area contributed by atoms with Crippen LogP contribution >= 0.6 is 0 Å². The Morgan fingerprint density at radius 3 is 2.46 bits per heavy atom. The van der Waals surface area contributed by atoms with E-state index in [1.807, 2.05) is 31.2 Å². The summed E-state index contributed by atoms with van der Waals surface area (Å²) in [6.45, 7) is 5.68. The van der Waals surface area contributed by atoms with Crippen LogP contribution in [0.5, 0.6) is 5.75 Å². The largest absolute Gasteiger partial charge is 0.507 e. The third-order valence-corrected chi connectivity index (χ3v) is 4.10. The number of hydrogen-bond donors (Lipinski definition) is 2. The highest BCUT2D eigenvalue weighted by Gasteiger charge is 2.22. The third-order valence-electron chi connectivity index (χ3n) is 4.10. The molecule has 0 unspecified atom stereocenters.